The molecular formula is C12H22N2O3. The zero-order valence-corrected chi connectivity index (χ0v) is 10.4. The molecule has 1 aliphatic rings. The fourth-order valence-electron chi connectivity index (χ4n) is 2.35. The number of hydrogen-bond donors (Lipinski definition) is 2. The third kappa shape index (κ3) is 3.70. The summed E-state index contributed by atoms with van der Waals surface area (Å²) in [6.45, 7) is 2.63. The Morgan fingerprint density at radius 1 is 1.29 bits per heavy atom. The fourth-order valence-corrected chi connectivity index (χ4v) is 2.35. The average molecular weight is 242 g/mol. The third-order valence-electron chi connectivity index (χ3n) is 3.44. The zero-order valence-electron chi connectivity index (χ0n) is 10.4. The predicted octanol–water partition coefficient (Wildman–Crippen LogP) is 0.971. The number of amides is 1. The molecule has 98 valence electrons. The monoisotopic (exact) mass is 242 g/mol. The van der Waals surface area contributed by atoms with Gasteiger partial charge < -0.3 is 15.7 Å². The van der Waals surface area contributed by atoms with Crippen molar-refractivity contribution in [1.29, 1.82) is 0 Å². The number of likely N-dealkylation sites (N-methyl/N-ethyl adjacent to an activating group) is 1. The van der Waals surface area contributed by atoms with Crippen molar-refractivity contribution in [2.45, 2.75) is 51.0 Å². The van der Waals surface area contributed by atoms with E-state index >= 15 is 0 Å². The van der Waals surface area contributed by atoms with Gasteiger partial charge in [0.15, 0.2) is 0 Å². The lowest BCUT2D eigenvalue weighted by atomic mass is 9.81. The first-order chi connectivity index (χ1) is 7.99. The number of carboxylic acid groups (broad SMARTS) is 1. The minimum atomic E-state index is -0.883. The summed E-state index contributed by atoms with van der Waals surface area (Å²) in [6, 6.07) is 0. The summed E-state index contributed by atoms with van der Waals surface area (Å²) in [5.41, 5.74) is 5.39. The van der Waals surface area contributed by atoms with Gasteiger partial charge in [-0.05, 0) is 19.8 Å². The van der Waals surface area contributed by atoms with Crippen molar-refractivity contribution in [2.24, 2.45) is 5.73 Å². The summed E-state index contributed by atoms with van der Waals surface area (Å²) in [5, 5.41) is 8.64. The fraction of sp³-hybridized carbons (Fsp3) is 0.833. The molecule has 0 aromatic carbocycles. The Labute approximate surface area is 102 Å². The van der Waals surface area contributed by atoms with Crippen molar-refractivity contribution in [1.82, 2.24) is 4.90 Å². The van der Waals surface area contributed by atoms with Crippen LogP contribution in [0.5, 0.6) is 0 Å². The molecule has 1 fully saturated rings. The van der Waals surface area contributed by atoms with Gasteiger partial charge in [0.1, 0.15) is 0 Å². The van der Waals surface area contributed by atoms with Crippen LogP contribution in [0, 0.1) is 0 Å². The van der Waals surface area contributed by atoms with Gasteiger partial charge in [-0.1, -0.05) is 19.3 Å². The lowest BCUT2D eigenvalue weighted by Crippen LogP contribution is -2.56. The summed E-state index contributed by atoms with van der Waals surface area (Å²) >= 11 is 0. The van der Waals surface area contributed by atoms with Crippen LogP contribution in [0.15, 0.2) is 0 Å². The minimum Gasteiger partial charge on any atom is -0.481 e. The Kier molecular flexibility index (Phi) is 4.93. The summed E-state index contributed by atoms with van der Waals surface area (Å²) in [6.07, 6.45) is 4.52. The topological polar surface area (TPSA) is 83.6 Å². The normalized spacial score (nSPS) is 18.7. The van der Waals surface area contributed by atoms with E-state index in [9.17, 15) is 9.59 Å². The molecule has 1 saturated carbocycles. The average Bonchev–Trinajstić information content (AvgIpc) is 2.30. The van der Waals surface area contributed by atoms with E-state index in [1.165, 1.54) is 0 Å². The van der Waals surface area contributed by atoms with Crippen LogP contribution in [0.1, 0.15) is 45.4 Å². The lowest BCUT2D eigenvalue weighted by Gasteiger charge is -2.36. The molecule has 1 aliphatic carbocycles. The van der Waals surface area contributed by atoms with Crippen LogP contribution in [-0.2, 0) is 9.59 Å². The van der Waals surface area contributed by atoms with Gasteiger partial charge in [-0.3, -0.25) is 9.59 Å². The van der Waals surface area contributed by atoms with E-state index in [4.69, 9.17) is 10.8 Å². The number of carbonyl (C=O) groups is 2. The van der Waals surface area contributed by atoms with Crippen LogP contribution < -0.4 is 5.73 Å². The maximum Gasteiger partial charge on any atom is 0.305 e. The molecule has 0 saturated heterocycles. The maximum absolute atomic E-state index is 12.3. The van der Waals surface area contributed by atoms with Crippen molar-refractivity contribution in [3.8, 4) is 0 Å². The van der Waals surface area contributed by atoms with Gasteiger partial charge in [-0.25, -0.2) is 0 Å². The molecule has 0 aromatic rings. The van der Waals surface area contributed by atoms with Crippen LogP contribution in [-0.4, -0.2) is 40.5 Å². The zero-order chi connectivity index (χ0) is 12.9. The number of nitrogens with two attached hydrogens (primary N) is 1. The van der Waals surface area contributed by atoms with E-state index in [0.717, 1.165) is 32.1 Å². The Bertz CT molecular complexity index is 285. The van der Waals surface area contributed by atoms with Crippen molar-refractivity contribution < 1.29 is 14.7 Å². The van der Waals surface area contributed by atoms with Crippen molar-refractivity contribution in [3.05, 3.63) is 0 Å². The predicted molar refractivity (Wildman–Crippen MR) is 64.5 cm³/mol. The Morgan fingerprint density at radius 3 is 2.35 bits per heavy atom. The Balaban J connectivity index is 2.60. The van der Waals surface area contributed by atoms with Gasteiger partial charge in [0, 0.05) is 13.1 Å². The van der Waals surface area contributed by atoms with E-state index in [1.54, 1.807) is 4.90 Å². The first kappa shape index (κ1) is 14.0. The summed E-state index contributed by atoms with van der Waals surface area (Å²) in [4.78, 5) is 24.4. The second kappa shape index (κ2) is 6.00. The molecule has 1 rings (SSSR count). The molecule has 17 heavy (non-hydrogen) atoms. The van der Waals surface area contributed by atoms with Crippen molar-refractivity contribution in [3.63, 3.8) is 0 Å². The van der Waals surface area contributed by atoms with E-state index in [1.807, 2.05) is 6.92 Å². The molecule has 1 amide bonds. The molecule has 0 radical (unpaired) electrons. The van der Waals surface area contributed by atoms with Crippen molar-refractivity contribution in [2.75, 3.05) is 13.1 Å². The second-order valence-electron chi connectivity index (χ2n) is 4.75. The molecule has 5 heteroatoms. The number of carboxylic acids is 1. The minimum absolute atomic E-state index is 0.0182. The molecule has 0 spiro atoms. The van der Waals surface area contributed by atoms with Gasteiger partial charge in [-0.2, -0.15) is 0 Å². The molecule has 0 heterocycles. The van der Waals surface area contributed by atoms with E-state index in [0.29, 0.717) is 6.54 Å². The molecule has 5 nitrogen and oxygen atoms in total. The molecule has 0 unspecified atom stereocenters. The Morgan fingerprint density at radius 2 is 1.88 bits per heavy atom. The number of rotatable bonds is 5. The van der Waals surface area contributed by atoms with Crippen LogP contribution in [0.25, 0.3) is 0 Å². The maximum atomic E-state index is 12.3. The van der Waals surface area contributed by atoms with E-state index in [2.05, 4.69) is 0 Å². The van der Waals surface area contributed by atoms with Gasteiger partial charge >= 0.3 is 5.97 Å². The highest BCUT2D eigenvalue weighted by Crippen LogP contribution is 2.27. The number of nitrogens with zero attached hydrogens (tertiary/aromatic N) is 1. The quantitative estimate of drug-likeness (QED) is 0.752. The molecule has 0 aliphatic heterocycles. The number of aliphatic carboxylic acids is 1. The SMILES string of the molecule is CCN(CCC(=O)O)C(=O)C1(N)CCCCC1. The van der Waals surface area contributed by atoms with Gasteiger partial charge in [0.2, 0.25) is 5.91 Å². The smallest absolute Gasteiger partial charge is 0.305 e. The van der Waals surface area contributed by atoms with E-state index in [-0.39, 0.29) is 18.9 Å². The number of hydrogen-bond acceptors (Lipinski definition) is 3. The second-order valence-corrected chi connectivity index (χ2v) is 4.75. The number of carbonyl (C=O) groups excluding carboxylic acids is 1. The van der Waals surface area contributed by atoms with E-state index < -0.39 is 11.5 Å². The highest BCUT2D eigenvalue weighted by atomic mass is 16.4. The highest BCUT2D eigenvalue weighted by molar-refractivity contribution is 5.86. The summed E-state index contributed by atoms with van der Waals surface area (Å²) in [7, 11) is 0. The standard InChI is InChI=1S/C12H22N2O3/c1-2-14(9-6-10(15)16)11(17)12(13)7-4-3-5-8-12/h2-9,13H2,1H3,(H,15,16). The molecular weight excluding hydrogens is 220 g/mol. The van der Waals surface area contributed by atoms with Crippen LogP contribution in [0.3, 0.4) is 0 Å². The van der Waals surface area contributed by atoms with Gasteiger partial charge in [0.05, 0.1) is 12.0 Å². The van der Waals surface area contributed by atoms with Gasteiger partial charge in [0.25, 0.3) is 0 Å². The highest BCUT2D eigenvalue weighted by Gasteiger charge is 2.37. The Hall–Kier alpha value is -1.10. The third-order valence-corrected chi connectivity index (χ3v) is 3.44. The first-order valence-corrected chi connectivity index (χ1v) is 6.29. The van der Waals surface area contributed by atoms with Crippen LogP contribution >= 0.6 is 0 Å². The van der Waals surface area contributed by atoms with Crippen LogP contribution in [0.4, 0.5) is 0 Å². The molecule has 0 aromatic heterocycles. The molecule has 0 bridgehead atoms. The van der Waals surface area contributed by atoms with Gasteiger partial charge in [-0.15, -0.1) is 0 Å². The van der Waals surface area contributed by atoms with Crippen LogP contribution in [0.2, 0.25) is 0 Å². The summed E-state index contributed by atoms with van der Waals surface area (Å²) < 4.78 is 0. The first-order valence-electron chi connectivity index (χ1n) is 6.29. The summed E-state index contributed by atoms with van der Waals surface area (Å²) in [5.74, 6) is -0.966. The largest absolute Gasteiger partial charge is 0.481 e. The van der Waals surface area contributed by atoms with Crippen molar-refractivity contribution >= 4 is 11.9 Å². The molecule has 3 N–H and O–H groups in total. The lowest BCUT2D eigenvalue weighted by molar-refractivity contribution is -0.141. The molecule has 0 atom stereocenters.